The minimum Gasteiger partial charge on any atom is -0.359 e. The van der Waals surface area contributed by atoms with Gasteiger partial charge in [-0.1, -0.05) is 0 Å². The summed E-state index contributed by atoms with van der Waals surface area (Å²) in [6.07, 6.45) is 3.19. The number of carbonyl (C=O) groups excluding carboxylic acids is 2. The molecule has 0 aliphatic carbocycles. The lowest BCUT2D eigenvalue weighted by molar-refractivity contribution is -0.122. The second-order valence-electron chi connectivity index (χ2n) is 4.19. The highest BCUT2D eigenvalue weighted by atomic mass is 16.2. The number of amides is 2. The molecule has 5 heteroatoms. The van der Waals surface area contributed by atoms with Crippen molar-refractivity contribution in [3.8, 4) is 0 Å². The lowest BCUT2D eigenvalue weighted by Gasteiger charge is -2.21. The lowest BCUT2D eigenvalue weighted by atomic mass is 9.96. The molecule has 1 fully saturated rings. The van der Waals surface area contributed by atoms with Crippen LogP contribution >= 0.6 is 0 Å². The van der Waals surface area contributed by atoms with Gasteiger partial charge in [0, 0.05) is 26.4 Å². The Labute approximate surface area is 96.4 Å². The van der Waals surface area contributed by atoms with Crippen LogP contribution in [-0.4, -0.2) is 38.5 Å². The van der Waals surface area contributed by atoms with Crippen LogP contribution in [0.25, 0.3) is 0 Å². The van der Waals surface area contributed by atoms with Crippen molar-refractivity contribution in [2.45, 2.75) is 25.7 Å². The standard InChI is InChI=1S/C11H21N3O2/c1-12-10(15)4-6-14-11(16)7-9-3-2-5-13-8-9/h9,13H,2-8H2,1H3,(H,12,15)(H,14,16). The summed E-state index contributed by atoms with van der Waals surface area (Å²) in [4.78, 5) is 22.4. The van der Waals surface area contributed by atoms with Crippen LogP contribution < -0.4 is 16.0 Å². The van der Waals surface area contributed by atoms with Crippen LogP contribution in [0.15, 0.2) is 0 Å². The summed E-state index contributed by atoms with van der Waals surface area (Å²) in [5.74, 6) is 0.464. The molecule has 16 heavy (non-hydrogen) atoms. The van der Waals surface area contributed by atoms with E-state index in [0.29, 0.717) is 25.3 Å². The first-order valence-electron chi connectivity index (χ1n) is 5.90. The largest absolute Gasteiger partial charge is 0.359 e. The summed E-state index contributed by atoms with van der Waals surface area (Å²) in [6.45, 7) is 2.43. The van der Waals surface area contributed by atoms with Gasteiger partial charge in [0.05, 0.1) is 0 Å². The molecule has 1 aliphatic rings. The highest BCUT2D eigenvalue weighted by molar-refractivity contribution is 5.78. The first kappa shape index (κ1) is 13.0. The molecule has 1 heterocycles. The van der Waals surface area contributed by atoms with E-state index in [-0.39, 0.29) is 11.8 Å². The first-order chi connectivity index (χ1) is 7.72. The summed E-state index contributed by atoms with van der Waals surface area (Å²) in [7, 11) is 1.60. The third-order valence-electron chi connectivity index (χ3n) is 2.83. The van der Waals surface area contributed by atoms with Gasteiger partial charge in [-0.05, 0) is 31.8 Å². The molecule has 0 aromatic heterocycles. The minimum absolute atomic E-state index is 0.0420. The number of hydrogen-bond donors (Lipinski definition) is 3. The summed E-state index contributed by atoms with van der Waals surface area (Å²) in [5, 5.41) is 8.57. The van der Waals surface area contributed by atoms with Crippen molar-refractivity contribution in [1.29, 1.82) is 0 Å². The molecule has 0 saturated carbocycles. The molecule has 3 N–H and O–H groups in total. The van der Waals surface area contributed by atoms with Gasteiger partial charge >= 0.3 is 0 Å². The summed E-state index contributed by atoms with van der Waals surface area (Å²) >= 11 is 0. The van der Waals surface area contributed by atoms with E-state index in [1.165, 1.54) is 0 Å². The zero-order valence-electron chi connectivity index (χ0n) is 9.84. The SMILES string of the molecule is CNC(=O)CCNC(=O)CC1CCCNC1. The van der Waals surface area contributed by atoms with Crippen molar-refractivity contribution in [2.75, 3.05) is 26.7 Å². The van der Waals surface area contributed by atoms with Gasteiger partial charge in [0.25, 0.3) is 0 Å². The van der Waals surface area contributed by atoms with Crippen molar-refractivity contribution in [1.82, 2.24) is 16.0 Å². The Morgan fingerprint density at radius 2 is 2.19 bits per heavy atom. The predicted octanol–water partition coefficient (Wildman–Crippen LogP) is -0.372. The molecular weight excluding hydrogens is 206 g/mol. The summed E-state index contributed by atoms with van der Waals surface area (Å²) < 4.78 is 0. The van der Waals surface area contributed by atoms with Crippen LogP contribution in [-0.2, 0) is 9.59 Å². The lowest BCUT2D eigenvalue weighted by Crippen LogP contribution is -2.35. The zero-order valence-corrected chi connectivity index (χ0v) is 9.84. The molecule has 0 aromatic carbocycles. The van der Waals surface area contributed by atoms with Gasteiger partial charge in [0.2, 0.25) is 11.8 Å². The van der Waals surface area contributed by atoms with Crippen molar-refractivity contribution in [2.24, 2.45) is 5.92 Å². The van der Waals surface area contributed by atoms with Gasteiger partial charge in [-0.25, -0.2) is 0 Å². The van der Waals surface area contributed by atoms with Crippen LogP contribution in [0.3, 0.4) is 0 Å². The maximum atomic E-state index is 11.5. The number of carbonyl (C=O) groups is 2. The fourth-order valence-electron chi connectivity index (χ4n) is 1.87. The summed E-state index contributed by atoms with van der Waals surface area (Å²) in [5.41, 5.74) is 0. The topological polar surface area (TPSA) is 70.2 Å². The molecule has 0 radical (unpaired) electrons. The molecule has 5 nitrogen and oxygen atoms in total. The van der Waals surface area contributed by atoms with E-state index in [0.717, 1.165) is 25.9 Å². The highest BCUT2D eigenvalue weighted by Gasteiger charge is 2.16. The maximum absolute atomic E-state index is 11.5. The number of piperidine rings is 1. The Balaban J connectivity index is 2.08. The average molecular weight is 227 g/mol. The van der Waals surface area contributed by atoms with Gasteiger partial charge in [-0.15, -0.1) is 0 Å². The molecule has 1 aliphatic heterocycles. The van der Waals surface area contributed by atoms with Crippen molar-refractivity contribution in [3.05, 3.63) is 0 Å². The van der Waals surface area contributed by atoms with Gasteiger partial charge < -0.3 is 16.0 Å². The Bertz CT molecular complexity index is 237. The molecule has 1 atom stereocenters. The maximum Gasteiger partial charge on any atom is 0.221 e. The Morgan fingerprint density at radius 1 is 1.38 bits per heavy atom. The molecule has 2 amide bonds. The molecule has 0 bridgehead atoms. The molecule has 0 spiro atoms. The van der Waals surface area contributed by atoms with Gasteiger partial charge in [-0.2, -0.15) is 0 Å². The molecule has 0 aromatic rings. The van der Waals surface area contributed by atoms with Crippen LogP contribution in [0.2, 0.25) is 0 Å². The number of hydrogen-bond acceptors (Lipinski definition) is 3. The predicted molar refractivity (Wildman–Crippen MR) is 61.9 cm³/mol. The van der Waals surface area contributed by atoms with E-state index in [1.54, 1.807) is 7.05 Å². The zero-order chi connectivity index (χ0) is 11.8. The minimum atomic E-state index is -0.0420. The van der Waals surface area contributed by atoms with E-state index in [1.807, 2.05) is 0 Å². The average Bonchev–Trinajstić information content (AvgIpc) is 2.30. The Hall–Kier alpha value is -1.10. The number of rotatable bonds is 5. The van der Waals surface area contributed by atoms with E-state index in [2.05, 4.69) is 16.0 Å². The van der Waals surface area contributed by atoms with Gasteiger partial charge in [-0.3, -0.25) is 9.59 Å². The van der Waals surface area contributed by atoms with Gasteiger partial charge in [0.15, 0.2) is 0 Å². The molecule has 92 valence electrons. The fraction of sp³-hybridized carbons (Fsp3) is 0.818. The molecular formula is C11H21N3O2. The molecule has 1 rings (SSSR count). The normalized spacial score (nSPS) is 20.2. The third kappa shape index (κ3) is 5.11. The van der Waals surface area contributed by atoms with E-state index in [9.17, 15) is 9.59 Å². The van der Waals surface area contributed by atoms with Crippen LogP contribution in [0, 0.1) is 5.92 Å². The first-order valence-corrected chi connectivity index (χ1v) is 5.90. The highest BCUT2D eigenvalue weighted by Crippen LogP contribution is 2.13. The van der Waals surface area contributed by atoms with Crippen LogP contribution in [0.5, 0.6) is 0 Å². The fourth-order valence-corrected chi connectivity index (χ4v) is 1.87. The summed E-state index contributed by atoms with van der Waals surface area (Å²) in [6, 6.07) is 0. The Morgan fingerprint density at radius 3 is 2.81 bits per heavy atom. The third-order valence-corrected chi connectivity index (χ3v) is 2.83. The van der Waals surface area contributed by atoms with E-state index in [4.69, 9.17) is 0 Å². The molecule has 1 saturated heterocycles. The van der Waals surface area contributed by atoms with Crippen molar-refractivity contribution < 1.29 is 9.59 Å². The van der Waals surface area contributed by atoms with E-state index >= 15 is 0 Å². The van der Waals surface area contributed by atoms with Crippen molar-refractivity contribution in [3.63, 3.8) is 0 Å². The Kier molecular flexibility index (Phi) is 5.85. The van der Waals surface area contributed by atoms with Crippen molar-refractivity contribution >= 4 is 11.8 Å². The van der Waals surface area contributed by atoms with Crippen LogP contribution in [0.4, 0.5) is 0 Å². The van der Waals surface area contributed by atoms with Gasteiger partial charge in [0.1, 0.15) is 0 Å². The second-order valence-corrected chi connectivity index (χ2v) is 4.19. The second kappa shape index (κ2) is 7.22. The quantitative estimate of drug-likeness (QED) is 0.600. The van der Waals surface area contributed by atoms with E-state index < -0.39 is 0 Å². The number of nitrogens with one attached hydrogen (secondary N) is 3. The smallest absolute Gasteiger partial charge is 0.221 e. The monoisotopic (exact) mass is 227 g/mol. The molecule has 1 unspecified atom stereocenters. The van der Waals surface area contributed by atoms with Crippen LogP contribution in [0.1, 0.15) is 25.7 Å².